The predicted octanol–water partition coefficient (Wildman–Crippen LogP) is -1.16. The van der Waals surface area contributed by atoms with E-state index < -0.39 is 18.1 Å². The molecule has 3 heterocycles. The molecule has 3 rings (SSSR count). The van der Waals surface area contributed by atoms with Gasteiger partial charge in [-0.25, -0.2) is 0 Å². The SMILES string of the molecule is CNC(=O)[C@@H]1CCCN1C(=O)CNC(=O)[C@@H]1CCCN1C(=O)[C@@H]1CCCN1C(C)=O. The van der Waals surface area contributed by atoms with Crippen molar-refractivity contribution in [3.05, 3.63) is 0 Å². The first-order valence-corrected chi connectivity index (χ1v) is 10.7. The third kappa shape index (κ3) is 4.41. The Morgan fingerprint density at radius 2 is 1.30 bits per heavy atom. The van der Waals surface area contributed by atoms with E-state index in [1.54, 1.807) is 9.80 Å². The standard InChI is InChI=1S/C20H31N5O5/c1-13(26)23-9-5-8-16(23)20(30)25-11-4-7-15(25)19(29)22-12-17(27)24-10-3-6-14(24)18(28)21-2/h14-16H,3-12H2,1-2H3,(H,21,28)(H,22,29)/t14-,15-,16-/m0/s1. The van der Waals surface area contributed by atoms with Crippen LogP contribution in [0.2, 0.25) is 0 Å². The molecule has 166 valence electrons. The van der Waals surface area contributed by atoms with Crippen LogP contribution < -0.4 is 10.6 Å². The number of likely N-dealkylation sites (tertiary alicyclic amines) is 3. The van der Waals surface area contributed by atoms with Crippen molar-refractivity contribution in [2.24, 2.45) is 0 Å². The number of nitrogens with one attached hydrogen (secondary N) is 2. The second kappa shape index (κ2) is 9.44. The lowest BCUT2D eigenvalue weighted by atomic mass is 10.1. The molecule has 10 nitrogen and oxygen atoms in total. The summed E-state index contributed by atoms with van der Waals surface area (Å²) in [6, 6.07) is -1.63. The second-order valence-corrected chi connectivity index (χ2v) is 8.14. The van der Waals surface area contributed by atoms with Crippen LogP contribution in [0.1, 0.15) is 45.4 Å². The van der Waals surface area contributed by atoms with Gasteiger partial charge in [-0.05, 0) is 38.5 Å². The van der Waals surface area contributed by atoms with E-state index in [9.17, 15) is 24.0 Å². The molecule has 0 aromatic heterocycles. The molecule has 0 unspecified atom stereocenters. The normalized spacial score (nSPS) is 26.1. The Morgan fingerprint density at radius 3 is 1.90 bits per heavy atom. The van der Waals surface area contributed by atoms with Crippen LogP contribution in [0.15, 0.2) is 0 Å². The molecule has 3 fully saturated rings. The fraction of sp³-hybridized carbons (Fsp3) is 0.750. The molecule has 0 aromatic rings. The maximum atomic E-state index is 13.0. The van der Waals surface area contributed by atoms with Crippen LogP contribution in [0.5, 0.6) is 0 Å². The molecule has 3 atom stereocenters. The zero-order valence-electron chi connectivity index (χ0n) is 17.7. The molecule has 2 N–H and O–H groups in total. The smallest absolute Gasteiger partial charge is 0.246 e. The Labute approximate surface area is 176 Å². The van der Waals surface area contributed by atoms with Crippen LogP contribution in [-0.2, 0) is 24.0 Å². The number of rotatable bonds is 5. The first-order valence-electron chi connectivity index (χ1n) is 10.7. The van der Waals surface area contributed by atoms with Gasteiger partial charge in [0.25, 0.3) is 0 Å². The third-order valence-electron chi connectivity index (χ3n) is 6.32. The fourth-order valence-corrected chi connectivity index (χ4v) is 4.78. The quantitative estimate of drug-likeness (QED) is 0.581. The number of carbonyl (C=O) groups is 5. The third-order valence-corrected chi connectivity index (χ3v) is 6.32. The number of carbonyl (C=O) groups excluding carboxylic acids is 5. The van der Waals surface area contributed by atoms with Gasteiger partial charge in [-0.15, -0.1) is 0 Å². The van der Waals surface area contributed by atoms with E-state index in [4.69, 9.17) is 0 Å². The lowest BCUT2D eigenvalue weighted by Gasteiger charge is -2.30. The van der Waals surface area contributed by atoms with E-state index in [-0.39, 0.29) is 36.1 Å². The highest BCUT2D eigenvalue weighted by atomic mass is 16.2. The summed E-state index contributed by atoms with van der Waals surface area (Å²) in [5, 5.41) is 5.22. The molecule has 0 bridgehead atoms. The predicted molar refractivity (Wildman–Crippen MR) is 107 cm³/mol. The van der Waals surface area contributed by atoms with E-state index in [0.29, 0.717) is 45.3 Å². The largest absolute Gasteiger partial charge is 0.357 e. The zero-order valence-corrected chi connectivity index (χ0v) is 17.7. The molecular weight excluding hydrogens is 390 g/mol. The number of hydrogen-bond donors (Lipinski definition) is 2. The van der Waals surface area contributed by atoms with Gasteiger partial charge >= 0.3 is 0 Å². The summed E-state index contributed by atoms with van der Waals surface area (Å²) in [5.41, 5.74) is 0. The first kappa shape index (κ1) is 22.0. The van der Waals surface area contributed by atoms with Crippen molar-refractivity contribution in [2.45, 2.75) is 63.6 Å². The summed E-state index contributed by atoms with van der Waals surface area (Å²) in [7, 11) is 1.54. The molecule has 0 radical (unpaired) electrons. The Kier molecular flexibility index (Phi) is 6.94. The van der Waals surface area contributed by atoms with Crippen molar-refractivity contribution >= 4 is 29.5 Å². The Hall–Kier alpha value is -2.65. The van der Waals surface area contributed by atoms with Gasteiger partial charge in [0, 0.05) is 33.6 Å². The van der Waals surface area contributed by atoms with Gasteiger partial charge in [0.1, 0.15) is 18.1 Å². The van der Waals surface area contributed by atoms with Gasteiger partial charge in [0.15, 0.2) is 0 Å². The average molecular weight is 421 g/mol. The fourth-order valence-electron chi connectivity index (χ4n) is 4.78. The van der Waals surface area contributed by atoms with Crippen LogP contribution in [0, 0.1) is 0 Å². The highest BCUT2D eigenvalue weighted by Gasteiger charge is 2.41. The van der Waals surface area contributed by atoms with Crippen molar-refractivity contribution in [3.63, 3.8) is 0 Å². The molecule has 0 aliphatic carbocycles. The van der Waals surface area contributed by atoms with E-state index in [2.05, 4.69) is 10.6 Å². The average Bonchev–Trinajstić information content (AvgIpc) is 3.49. The molecule has 0 spiro atoms. The second-order valence-electron chi connectivity index (χ2n) is 8.14. The highest BCUT2D eigenvalue weighted by molar-refractivity contribution is 5.94. The van der Waals surface area contributed by atoms with Crippen LogP contribution >= 0.6 is 0 Å². The van der Waals surface area contributed by atoms with Crippen LogP contribution in [0.4, 0.5) is 0 Å². The van der Waals surface area contributed by atoms with E-state index in [1.807, 2.05) is 0 Å². The lowest BCUT2D eigenvalue weighted by molar-refractivity contribution is -0.146. The molecule has 3 aliphatic rings. The van der Waals surface area contributed by atoms with Gasteiger partial charge in [-0.1, -0.05) is 0 Å². The molecule has 30 heavy (non-hydrogen) atoms. The molecule has 3 aliphatic heterocycles. The van der Waals surface area contributed by atoms with Gasteiger partial charge in [-0.2, -0.15) is 0 Å². The maximum absolute atomic E-state index is 13.0. The van der Waals surface area contributed by atoms with Gasteiger partial charge < -0.3 is 25.3 Å². The number of nitrogens with zero attached hydrogens (tertiary/aromatic N) is 3. The Balaban J connectivity index is 1.57. The van der Waals surface area contributed by atoms with Crippen LogP contribution in [-0.4, -0.2) is 95.6 Å². The minimum atomic E-state index is -0.631. The molecule has 5 amide bonds. The van der Waals surface area contributed by atoms with Crippen molar-refractivity contribution in [1.29, 1.82) is 0 Å². The van der Waals surface area contributed by atoms with Crippen LogP contribution in [0.3, 0.4) is 0 Å². The minimum absolute atomic E-state index is 0.132. The molecule has 10 heteroatoms. The van der Waals surface area contributed by atoms with Crippen molar-refractivity contribution in [1.82, 2.24) is 25.3 Å². The number of hydrogen-bond acceptors (Lipinski definition) is 5. The van der Waals surface area contributed by atoms with Crippen molar-refractivity contribution in [2.75, 3.05) is 33.2 Å². The summed E-state index contributed by atoms with van der Waals surface area (Å²) in [5.74, 6) is -1.19. The monoisotopic (exact) mass is 421 g/mol. The molecule has 0 saturated carbocycles. The lowest BCUT2D eigenvalue weighted by Crippen LogP contribution is -2.54. The summed E-state index contributed by atoms with van der Waals surface area (Å²) < 4.78 is 0. The van der Waals surface area contributed by atoms with Crippen LogP contribution in [0.25, 0.3) is 0 Å². The van der Waals surface area contributed by atoms with Crippen molar-refractivity contribution < 1.29 is 24.0 Å². The van der Waals surface area contributed by atoms with Gasteiger partial charge in [0.2, 0.25) is 29.5 Å². The number of amides is 5. The summed E-state index contributed by atoms with van der Waals surface area (Å²) in [6.07, 6.45) is 3.97. The summed E-state index contributed by atoms with van der Waals surface area (Å²) in [6.45, 7) is 2.78. The van der Waals surface area contributed by atoms with Crippen molar-refractivity contribution in [3.8, 4) is 0 Å². The Bertz CT molecular complexity index is 726. The molecular formula is C20H31N5O5. The summed E-state index contributed by atoms with van der Waals surface area (Å²) in [4.78, 5) is 66.6. The molecule has 0 aromatic carbocycles. The van der Waals surface area contributed by atoms with Gasteiger partial charge in [0.05, 0.1) is 6.54 Å². The molecule has 3 saturated heterocycles. The summed E-state index contributed by atoms with van der Waals surface area (Å²) >= 11 is 0. The topological polar surface area (TPSA) is 119 Å². The highest BCUT2D eigenvalue weighted by Crippen LogP contribution is 2.25. The maximum Gasteiger partial charge on any atom is 0.246 e. The van der Waals surface area contributed by atoms with Gasteiger partial charge in [-0.3, -0.25) is 24.0 Å². The first-order chi connectivity index (χ1) is 14.3. The zero-order chi connectivity index (χ0) is 21.8. The van der Waals surface area contributed by atoms with E-state index in [1.165, 1.54) is 18.9 Å². The van der Waals surface area contributed by atoms with E-state index >= 15 is 0 Å². The number of likely N-dealkylation sites (N-methyl/N-ethyl adjacent to an activating group) is 1. The van der Waals surface area contributed by atoms with E-state index in [0.717, 1.165) is 12.8 Å². The minimum Gasteiger partial charge on any atom is -0.357 e. The Morgan fingerprint density at radius 1 is 0.767 bits per heavy atom.